The quantitative estimate of drug-likeness (QED) is 0.729. The summed E-state index contributed by atoms with van der Waals surface area (Å²) in [6.45, 7) is 1.54. The third-order valence-corrected chi connectivity index (χ3v) is 4.50. The third kappa shape index (κ3) is 2.66. The number of carboxylic acids is 1. The molecule has 1 saturated heterocycles. The number of carboxylic acid groups (broad SMARTS) is 1. The smallest absolute Gasteiger partial charge is 0.335 e. The molecule has 1 saturated carbocycles. The molecule has 2 aliphatic rings. The first-order chi connectivity index (χ1) is 10.0. The number of phenolic OH excluding ortho intramolecular Hbond substituents is 1. The van der Waals surface area contributed by atoms with Crippen LogP contribution in [0.25, 0.3) is 0 Å². The molecule has 0 aromatic heterocycles. The molecule has 1 aromatic carbocycles. The van der Waals surface area contributed by atoms with Gasteiger partial charge >= 0.3 is 12.0 Å². The molecular weight excluding hydrogens is 272 g/mol. The Kier molecular flexibility index (Phi) is 3.45. The second-order valence-corrected chi connectivity index (χ2v) is 5.82. The number of carbonyl (C=O) groups is 2. The minimum absolute atomic E-state index is 0.0128. The van der Waals surface area contributed by atoms with Crippen LogP contribution in [0.1, 0.15) is 29.6 Å². The number of carbonyl (C=O) groups excluding carboxylic acids is 1. The van der Waals surface area contributed by atoms with Gasteiger partial charge in [-0.1, -0.05) is 6.42 Å². The highest BCUT2D eigenvalue weighted by atomic mass is 16.4. The van der Waals surface area contributed by atoms with E-state index in [1.54, 1.807) is 4.90 Å². The summed E-state index contributed by atoms with van der Waals surface area (Å²) in [5.41, 5.74) is 0.225. The maximum Gasteiger partial charge on any atom is 0.335 e. The highest BCUT2D eigenvalue weighted by molar-refractivity contribution is 5.93. The molecule has 0 spiro atoms. The third-order valence-electron chi connectivity index (χ3n) is 4.50. The number of aromatic hydroxyl groups is 1. The van der Waals surface area contributed by atoms with Crippen molar-refractivity contribution in [1.29, 1.82) is 0 Å². The fraction of sp³-hybridized carbons (Fsp3) is 0.467. The summed E-state index contributed by atoms with van der Waals surface area (Å²) >= 11 is 0. The molecule has 2 fully saturated rings. The first kappa shape index (κ1) is 13.7. The van der Waals surface area contributed by atoms with E-state index in [0.717, 1.165) is 19.2 Å². The molecule has 21 heavy (non-hydrogen) atoms. The zero-order chi connectivity index (χ0) is 15.0. The topological polar surface area (TPSA) is 89.9 Å². The number of hydrogen-bond donors (Lipinski definition) is 3. The van der Waals surface area contributed by atoms with Gasteiger partial charge in [0.1, 0.15) is 5.75 Å². The Morgan fingerprint density at radius 1 is 1.19 bits per heavy atom. The van der Waals surface area contributed by atoms with Crippen LogP contribution < -0.4 is 5.32 Å². The number of benzene rings is 1. The lowest BCUT2D eigenvalue weighted by Gasteiger charge is -2.18. The predicted octanol–water partition coefficient (Wildman–Crippen LogP) is 2.35. The van der Waals surface area contributed by atoms with Gasteiger partial charge < -0.3 is 20.4 Å². The molecule has 112 valence electrons. The molecule has 2 amide bonds. The van der Waals surface area contributed by atoms with Gasteiger partial charge in [-0.25, -0.2) is 9.59 Å². The summed E-state index contributed by atoms with van der Waals surface area (Å²) in [6.07, 6.45) is 3.63. The van der Waals surface area contributed by atoms with Crippen LogP contribution in [-0.4, -0.2) is 40.2 Å². The van der Waals surface area contributed by atoms with Crippen molar-refractivity contribution >= 4 is 17.7 Å². The molecular formula is C15H18N2O4. The summed E-state index contributed by atoms with van der Waals surface area (Å²) in [5.74, 6) is -0.129. The number of amides is 2. The number of anilines is 1. The SMILES string of the molecule is O=C(O)c1ccc(NC(=O)N2CC3CCCC3C2)c(O)c1. The molecule has 3 rings (SSSR count). The first-order valence-corrected chi connectivity index (χ1v) is 7.17. The fourth-order valence-corrected chi connectivity index (χ4v) is 3.37. The van der Waals surface area contributed by atoms with Gasteiger partial charge in [-0.05, 0) is 42.9 Å². The van der Waals surface area contributed by atoms with Gasteiger partial charge in [-0.3, -0.25) is 0 Å². The van der Waals surface area contributed by atoms with Gasteiger partial charge in [0.2, 0.25) is 0 Å². The second kappa shape index (κ2) is 5.27. The number of aromatic carboxylic acids is 1. The highest BCUT2D eigenvalue weighted by Gasteiger charge is 2.38. The Morgan fingerprint density at radius 2 is 1.86 bits per heavy atom. The van der Waals surface area contributed by atoms with E-state index in [9.17, 15) is 14.7 Å². The van der Waals surface area contributed by atoms with Gasteiger partial charge in [0.15, 0.2) is 0 Å². The predicted molar refractivity (Wildman–Crippen MR) is 76.5 cm³/mol. The van der Waals surface area contributed by atoms with E-state index in [4.69, 9.17) is 5.11 Å². The minimum Gasteiger partial charge on any atom is -0.506 e. The molecule has 0 bridgehead atoms. The Hall–Kier alpha value is -2.24. The molecule has 6 nitrogen and oxygen atoms in total. The van der Waals surface area contributed by atoms with Crippen molar-refractivity contribution in [3.8, 4) is 5.75 Å². The number of phenols is 1. The lowest BCUT2D eigenvalue weighted by atomic mass is 10.0. The molecule has 1 aromatic rings. The number of fused-ring (bicyclic) bond motifs is 1. The van der Waals surface area contributed by atoms with Crippen molar-refractivity contribution in [1.82, 2.24) is 4.90 Å². The number of urea groups is 1. The van der Waals surface area contributed by atoms with Crippen molar-refractivity contribution in [2.75, 3.05) is 18.4 Å². The number of likely N-dealkylation sites (tertiary alicyclic amines) is 1. The zero-order valence-electron chi connectivity index (χ0n) is 11.6. The van der Waals surface area contributed by atoms with E-state index >= 15 is 0 Å². The maximum absolute atomic E-state index is 12.2. The van der Waals surface area contributed by atoms with E-state index in [1.807, 2.05) is 0 Å². The molecule has 6 heteroatoms. The van der Waals surface area contributed by atoms with E-state index < -0.39 is 5.97 Å². The number of hydrogen-bond acceptors (Lipinski definition) is 3. The summed E-state index contributed by atoms with van der Waals surface area (Å²) < 4.78 is 0. The second-order valence-electron chi connectivity index (χ2n) is 5.82. The molecule has 1 aliphatic carbocycles. The minimum atomic E-state index is -1.12. The zero-order valence-corrected chi connectivity index (χ0v) is 11.6. The first-order valence-electron chi connectivity index (χ1n) is 7.17. The number of nitrogens with one attached hydrogen (secondary N) is 1. The van der Waals surface area contributed by atoms with Gasteiger partial charge in [0, 0.05) is 13.1 Å². The molecule has 2 unspecified atom stereocenters. The van der Waals surface area contributed by atoms with Gasteiger partial charge in [-0.2, -0.15) is 0 Å². The van der Waals surface area contributed by atoms with Gasteiger partial charge in [0.05, 0.1) is 11.3 Å². The average Bonchev–Trinajstić information content (AvgIpc) is 3.01. The van der Waals surface area contributed by atoms with Crippen LogP contribution in [0.3, 0.4) is 0 Å². The van der Waals surface area contributed by atoms with Crippen LogP contribution in [-0.2, 0) is 0 Å². The number of rotatable bonds is 2. The van der Waals surface area contributed by atoms with Crippen LogP contribution in [0.4, 0.5) is 10.5 Å². The lowest BCUT2D eigenvalue weighted by Crippen LogP contribution is -2.33. The summed E-state index contributed by atoms with van der Waals surface area (Å²) in [5, 5.41) is 21.3. The van der Waals surface area contributed by atoms with E-state index in [-0.39, 0.29) is 23.0 Å². The Bertz CT molecular complexity index is 575. The van der Waals surface area contributed by atoms with Crippen LogP contribution in [0.5, 0.6) is 5.75 Å². The van der Waals surface area contributed by atoms with Gasteiger partial charge in [-0.15, -0.1) is 0 Å². The maximum atomic E-state index is 12.2. The normalized spacial score (nSPS) is 23.9. The van der Waals surface area contributed by atoms with Crippen molar-refractivity contribution in [3.05, 3.63) is 23.8 Å². The largest absolute Gasteiger partial charge is 0.506 e. The van der Waals surface area contributed by atoms with Crippen LogP contribution >= 0.6 is 0 Å². The lowest BCUT2D eigenvalue weighted by molar-refractivity contribution is 0.0696. The van der Waals surface area contributed by atoms with Crippen molar-refractivity contribution in [2.45, 2.75) is 19.3 Å². The van der Waals surface area contributed by atoms with E-state index in [2.05, 4.69) is 5.32 Å². The highest BCUT2D eigenvalue weighted by Crippen LogP contribution is 2.38. The number of nitrogens with zero attached hydrogens (tertiary/aromatic N) is 1. The Balaban J connectivity index is 1.66. The molecule has 1 heterocycles. The van der Waals surface area contributed by atoms with Crippen LogP contribution in [0.2, 0.25) is 0 Å². The van der Waals surface area contributed by atoms with Gasteiger partial charge in [0.25, 0.3) is 0 Å². The Morgan fingerprint density at radius 3 is 2.43 bits per heavy atom. The summed E-state index contributed by atoms with van der Waals surface area (Å²) in [7, 11) is 0. The molecule has 1 aliphatic heterocycles. The van der Waals surface area contributed by atoms with Crippen molar-refractivity contribution in [3.63, 3.8) is 0 Å². The standard InChI is InChI=1S/C15H18N2O4/c18-13-6-9(14(19)20)4-5-12(13)16-15(21)17-7-10-2-1-3-11(10)8-17/h4-6,10-11,18H,1-3,7-8H2,(H,16,21)(H,19,20). The van der Waals surface area contributed by atoms with Crippen LogP contribution in [0, 0.1) is 11.8 Å². The van der Waals surface area contributed by atoms with Crippen molar-refractivity contribution in [2.24, 2.45) is 11.8 Å². The monoisotopic (exact) mass is 290 g/mol. The van der Waals surface area contributed by atoms with E-state index in [0.29, 0.717) is 11.8 Å². The average molecular weight is 290 g/mol. The molecule has 3 N–H and O–H groups in total. The van der Waals surface area contributed by atoms with Crippen molar-refractivity contribution < 1.29 is 19.8 Å². The molecule has 0 radical (unpaired) electrons. The summed E-state index contributed by atoms with van der Waals surface area (Å²) in [4.78, 5) is 24.8. The van der Waals surface area contributed by atoms with E-state index in [1.165, 1.54) is 31.4 Å². The van der Waals surface area contributed by atoms with Crippen LogP contribution in [0.15, 0.2) is 18.2 Å². The fourth-order valence-electron chi connectivity index (χ4n) is 3.37. The molecule has 2 atom stereocenters. The summed E-state index contributed by atoms with van der Waals surface area (Å²) in [6, 6.07) is 3.67. The Labute approximate surface area is 122 Å².